The van der Waals surface area contributed by atoms with Crippen LogP contribution in [-0.2, 0) is 0 Å². The Morgan fingerprint density at radius 1 is 1.43 bits per heavy atom. The van der Waals surface area contributed by atoms with E-state index in [0.29, 0.717) is 6.04 Å². The zero-order valence-electron chi connectivity index (χ0n) is 8.61. The molecule has 0 bridgehead atoms. The second-order valence-corrected chi connectivity index (χ2v) is 4.59. The molecule has 0 aromatic carbocycles. The van der Waals surface area contributed by atoms with Crippen molar-refractivity contribution >= 4 is 0 Å². The van der Waals surface area contributed by atoms with Gasteiger partial charge in [-0.1, -0.05) is 0 Å². The molecular weight excluding hydrogens is 174 g/mol. The predicted octanol–water partition coefficient (Wildman–Crippen LogP) is 2.03. The van der Waals surface area contributed by atoms with E-state index in [1.165, 1.54) is 31.5 Å². The van der Waals surface area contributed by atoms with Gasteiger partial charge in [-0.3, -0.25) is 0 Å². The zero-order valence-corrected chi connectivity index (χ0v) is 8.61. The Balaban J connectivity index is 1.75. The third kappa shape index (κ3) is 1.57. The second-order valence-electron chi connectivity index (χ2n) is 4.59. The van der Waals surface area contributed by atoms with E-state index in [0.717, 1.165) is 12.1 Å². The lowest BCUT2D eigenvalue weighted by Gasteiger charge is -2.14. The molecular formula is C11H17N3. The fraction of sp³-hybridized carbons (Fsp3) is 0.727. The van der Waals surface area contributed by atoms with Crippen LogP contribution in [0.15, 0.2) is 12.4 Å². The van der Waals surface area contributed by atoms with E-state index in [1.807, 2.05) is 6.20 Å². The van der Waals surface area contributed by atoms with Crippen LogP contribution in [-0.4, -0.2) is 15.6 Å². The molecule has 0 saturated heterocycles. The normalized spacial score (nSPS) is 23.8. The van der Waals surface area contributed by atoms with Crippen molar-refractivity contribution in [3.8, 4) is 0 Å². The van der Waals surface area contributed by atoms with Crippen molar-refractivity contribution in [3.63, 3.8) is 0 Å². The first-order valence-electron chi connectivity index (χ1n) is 5.63. The number of hydrogen-bond donors (Lipinski definition) is 1. The maximum absolute atomic E-state index is 4.46. The molecule has 0 radical (unpaired) electrons. The van der Waals surface area contributed by atoms with Crippen molar-refractivity contribution < 1.29 is 0 Å². The molecule has 1 heterocycles. The molecule has 1 aromatic heterocycles. The predicted molar refractivity (Wildman–Crippen MR) is 55.1 cm³/mol. The summed E-state index contributed by atoms with van der Waals surface area (Å²) in [6.07, 6.45) is 9.40. The maximum Gasteiger partial charge on any atom is 0.125 e. The summed E-state index contributed by atoms with van der Waals surface area (Å²) in [4.78, 5) is 4.46. The van der Waals surface area contributed by atoms with Crippen LogP contribution in [0.25, 0.3) is 0 Å². The number of hydrogen-bond acceptors (Lipinski definition) is 2. The van der Waals surface area contributed by atoms with Gasteiger partial charge in [0, 0.05) is 24.5 Å². The summed E-state index contributed by atoms with van der Waals surface area (Å²) in [5.74, 6) is 1.22. The van der Waals surface area contributed by atoms with Gasteiger partial charge in [-0.25, -0.2) is 4.98 Å². The lowest BCUT2D eigenvalue weighted by atomic mass is 10.3. The van der Waals surface area contributed by atoms with Gasteiger partial charge in [0.15, 0.2) is 0 Å². The summed E-state index contributed by atoms with van der Waals surface area (Å²) < 4.78 is 2.35. The number of rotatable bonds is 4. The van der Waals surface area contributed by atoms with Gasteiger partial charge >= 0.3 is 0 Å². The van der Waals surface area contributed by atoms with E-state index in [-0.39, 0.29) is 0 Å². The van der Waals surface area contributed by atoms with Gasteiger partial charge in [0.25, 0.3) is 0 Å². The highest BCUT2D eigenvalue weighted by Crippen LogP contribution is 2.37. The minimum atomic E-state index is 0.415. The number of imidazole rings is 1. The molecule has 2 fully saturated rings. The monoisotopic (exact) mass is 191 g/mol. The summed E-state index contributed by atoms with van der Waals surface area (Å²) in [6.45, 7) is 2.22. The smallest absolute Gasteiger partial charge is 0.125 e. The van der Waals surface area contributed by atoms with Gasteiger partial charge in [-0.05, 0) is 32.6 Å². The molecule has 0 aliphatic heterocycles. The Kier molecular flexibility index (Phi) is 1.87. The van der Waals surface area contributed by atoms with Gasteiger partial charge in [0.05, 0.1) is 6.04 Å². The van der Waals surface area contributed by atoms with Gasteiger partial charge in [0.1, 0.15) is 5.82 Å². The van der Waals surface area contributed by atoms with Crippen LogP contribution >= 0.6 is 0 Å². The topological polar surface area (TPSA) is 29.9 Å². The van der Waals surface area contributed by atoms with Gasteiger partial charge in [-0.15, -0.1) is 0 Å². The first-order valence-corrected chi connectivity index (χ1v) is 5.63. The van der Waals surface area contributed by atoms with Gasteiger partial charge in [-0.2, -0.15) is 0 Å². The van der Waals surface area contributed by atoms with E-state index in [4.69, 9.17) is 0 Å². The summed E-state index contributed by atoms with van der Waals surface area (Å²) in [5.41, 5.74) is 0. The molecule has 2 aliphatic carbocycles. The fourth-order valence-electron chi connectivity index (χ4n) is 2.00. The molecule has 2 aliphatic rings. The highest BCUT2D eigenvalue weighted by molar-refractivity contribution is 5.04. The molecule has 14 heavy (non-hydrogen) atoms. The van der Waals surface area contributed by atoms with Crippen LogP contribution in [0.5, 0.6) is 0 Å². The molecule has 2 saturated carbocycles. The Hall–Kier alpha value is -0.830. The van der Waals surface area contributed by atoms with Crippen LogP contribution in [0, 0.1) is 0 Å². The SMILES string of the molecule is C[C@@H](NC1CC1)c1nccn1C1CC1. The minimum Gasteiger partial charge on any atom is -0.331 e. The highest BCUT2D eigenvalue weighted by Gasteiger charge is 2.29. The number of nitrogens with one attached hydrogen (secondary N) is 1. The van der Waals surface area contributed by atoms with Gasteiger partial charge < -0.3 is 9.88 Å². The number of nitrogens with zero attached hydrogens (tertiary/aromatic N) is 2. The van der Waals surface area contributed by atoms with Crippen LogP contribution in [0.4, 0.5) is 0 Å². The van der Waals surface area contributed by atoms with Gasteiger partial charge in [0.2, 0.25) is 0 Å². The van der Waals surface area contributed by atoms with E-state index in [2.05, 4.69) is 28.0 Å². The standard InChI is InChI=1S/C11H17N3/c1-8(13-9-2-3-9)11-12-6-7-14(11)10-4-5-10/h6-10,13H,2-5H2,1H3/t8-/m1/s1. The largest absolute Gasteiger partial charge is 0.331 e. The summed E-state index contributed by atoms with van der Waals surface area (Å²) in [6, 6.07) is 1.92. The van der Waals surface area contributed by atoms with Crippen LogP contribution in [0.2, 0.25) is 0 Å². The third-order valence-corrected chi connectivity index (χ3v) is 3.09. The quantitative estimate of drug-likeness (QED) is 0.789. The molecule has 3 rings (SSSR count). The lowest BCUT2D eigenvalue weighted by molar-refractivity contribution is 0.511. The minimum absolute atomic E-state index is 0.415. The van der Waals surface area contributed by atoms with E-state index >= 15 is 0 Å². The molecule has 1 N–H and O–H groups in total. The molecule has 0 spiro atoms. The lowest BCUT2D eigenvalue weighted by Crippen LogP contribution is -2.23. The molecule has 0 unspecified atom stereocenters. The molecule has 3 heteroatoms. The Morgan fingerprint density at radius 2 is 2.21 bits per heavy atom. The van der Waals surface area contributed by atoms with Crippen molar-refractivity contribution in [1.82, 2.24) is 14.9 Å². The van der Waals surface area contributed by atoms with Crippen molar-refractivity contribution in [1.29, 1.82) is 0 Å². The van der Waals surface area contributed by atoms with Crippen molar-refractivity contribution in [3.05, 3.63) is 18.2 Å². The average Bonchev–Trinajstić information content (AvgIpc) is 3.08. The fourth-order valence-corrected chi connectivity index (χ4v) is 2.00. The van der Waals surface area contributed by atoms with Crippen LogP contribution in [0.3, 0.4) is 0 Å². The van der Waals surface area contributed by atoms with Crippen molar-refractivity contribution in [2.24, 2.45) is 0 Å². The average molecular weight is 191 g/mol. The summed E-state index contributed by atoms with van der Waals surface area (Å²) in [7, 11) is 0. The molecule has 76 valence electrons. The first kappa shape index (κ1) is 8.48. The van der Waals surface area contributed by atoms with E-state index in [9.17, 15) is 0 Å². The van der Waals surface area contributed by atoms with Crippen molar-refractivity contribution in [2.75, 3.05) is 0 Å². The summed E-state index contributed by atoms with van der Waals surface area (Å²) in [5, 5.41) is 3.60. The summed E-state index contributed by atoms with van der Waals surface area (Å²) >= 11 is 0. The second kappa shape index (κ2) is 3.09. The van der Waals surface area contributed by atoms with Crippen LogP contribution in [0.1, 0.15) is 50.5 Å². The maximum atomic E-state index is 4.46. The number of aromatic nitrogens is 2. The molecule has 3 nitrogen and oxygen atoms in total. The first-order chi connectivity index (χ1) is 6.84. The highest BCUT2D eigenvalue weighted by atomic mass is 15.2. The molecule has 1 aromatic rings. The van der Waals surface area contributed by atoms with E-state index in [1.54, 1.807) is 0 Å². The Morgan fingerprint density at radius 3 is 2.86 bits per heavy atom. The van der Waals surface area contributed by atoms with Crippen molar-refractivity contribution in [2.45, 2.75) is 50.7 Å². The van der Waals surface area contributed by atoms with Crippen LogP contribution < -0.4 is 5.32 Å². The third-order valence-electron chi connectivity index (χ3n) is 3.09. The Labute approximate surface area is 84.5 Å². The molecule has 1 atom stereocenters. The molecule has 0 amide bonds. The zero-order chi connectivity index (χ0) is 9.54. The van der Waals surface area contributed by atoms with E-state index < -0.39 is 0 Å². The Bertz CT molecular complexity index is 323.